The van der Waals surface area contributed by atoms with E-state index in [1.54, 1.807) is 0 Å². The van der Waals surface area contributed by atoms with E-state index in [1.165, 1.54) is 11.8 Å². The third kappa shape index (κ3) is 3.03. The second kappa shape index (κ2) is 5.00. The fourth-order valence-electron chi connectivity index (χ4n) is 1.71. The van der Waals surface area contributed by atoms with Gasteiger partial charge >= 0.3 is 5.97 Å². The van der Waals surface area contributed by atoms with Gasteiger partial charge in [0.15, 0.2) is 0 Å². The summed E-state index contributed by atoms with van der Waals surface area (Å²) in [6, 6.07) is 7.81. The molecule has 0 bridgehead atoms. The normalized spacial score (nSPS) is 18.7. The molecule has 0 aromatic heterocycles. The fourth-order valence-corrected chi connectivity index (χ4v) is 3.41. The van der Waals surface area contributed by atoms with Gasteiger partial charge in [0.2, 0.25) is 0 Å². The largest absolute Gasteiger partial charge is 0.480 e. The van der Waals surface area contributed by atoms with Crippen LogP contribution >= 0.6 is 27.7 Å². The summed E-state index contributed by atoms with van der Waals surface area (Å²) in [5, 5.41) is 9.23. The molecule has 2 rings (SSSR count). The van der Waals surface area contributed by atoms with Gasteiger partial charge in [-0.05, 0) is 37.0 Å². The second-order valence-corrected chi connectivity index (χ2v) is 6.33. The predicted octanol–water partition coefficient (Wildman–Crippen LogP) is 2.73. The van der Waals surface area contributed by atoms with Crippen molar-refractivity contribution in [2.45, 2.75) is 23.3 Å². The van der Waals surface area contributed by atoms with Crippen LogP contribution in [0.1, 0.15) is 12.8 Å². The Morgan fingerprint density at radius 2 is 2.29 bits per heavy atom. The van der Waals surface area contributed by atoms with Crippen molar-refractivity contribution in [2.24, 2.45) is 11.7 Å². The van der Waals surface area contributed by atoms with E-state index in [0.29, 0.717) is 5.75 Å². The van der Waals surface area contributed by atoms with E-state index in [0.717, 1.165) is 22.2 Å². The molecule has 1 aromatic rings. The summed E-state index contributed by atoms with van der Waals surface area (Å²) >= 11 is 4.89. The van der Waals surface area contributed by atoms with Crippen LogP contribution < -0.4 is 5.73 Å². The number of hydrogen-bond acceptors (Lipinski definition) is 3. The Morgan fingerprint density at radius 3 is 2.82 bits per heavy atom. The fraction of sp³-hybridized carbons (Fsp3) is 0.417. The van der Waals surface area contributed by atoms with Crippen LogP contribution in [-0.4, -0.2) is 22.4 Å². The summed E-state index contributed by atoms with van der Waals surface area (Å²) in [5.74, 6) is -0.328. The Morgan fingerprint density at radius 1 is 1.59 bits per heavy atom. The first-order chi connectivity index (χ1) is 8.02. The van der Waals surface area contributed by atoms with Crippen molar-refractivity contribution in [3.8, 4) is 0 Å². The highest BCUT2D eigenvalue weighted by Gasteiger charge is 2.48. The number of carbonyl (C=O) groups is 1. The van der Waals surface area contributed by atoms with Crippen LogP contribution in [0.2, 0.25) is 0 Å². The van der Waals surface area contributed by atoms with Crippen molar-refractivity contribution in [1.29, 1.82) is 0 Å². The highest BCUT2D eigenvalue weighted by Crippen LogP contribution is 2.41. The first kappa shape index (κ1) is 12.9. The smallest absolute Gasteiger partial charge is 0.324 e. The lowest BCUT2D eigenvalue weighted by molar-refractivity contribution is -0.143. The molecule has 0 aliphatic heterocycles. The molecule has 5 heteroatoms. The van der Waals surface area contributed by atoms with Crippen molar-refractivity contribution in [3.63, 3.8) is 0 Å². The van der Waals surface area contributed by atoms with E-state index in [4.69, 9.17) is 5.73 Å². The minimum absolute atomic E-state index is 0.139. The van der Waals surface area contributed by atoms with E-state index in [9.17, 15) is 9.90 Å². The molecule has 1 fully saturated rings. The number of hydrogen-bond donors (Lipinski definition) is 2. The molecule has 1 aromatic carbocycles. The Hall–Kier alpha value is -0.520. The zero-order valence-electron chi connectivity index (χ0n) is 9.23. The molecule has 3 N–H and O–H groups in total. The molecule has 1 unspecified atom stereocenters. The van der Waals surface area contributed by atoms with Gasteiger partial charge in [0.05, 0.1) is 0 Å². The van der Waals surface area contributed by atoms with Crippen LogP contribution in [0.5, 0.6) is 0 Å². The van der Waals surface area contributed by atoms with Gasteiger partial charge in [-0.25, -0.2) is 0 Å². The van der Waals surface area contributed by atoms with Crippen LogP contribution in [0.15, 0.2) is 33.6 Å². The van der Waals surface area contributed by atoms with Crippen molar-refractivity contribution in [3.05, 3.63) is 28.7 Å². The first-order valence-corrected chi connectivity index (χ1v) is 7.21. The summed E-state index contributed by atoms with van der Waals surface area (Å²) in [6.45, 7) is 0. The van der Waals surface area contributed by atoms with E-state index in [1.807, 2.05) is 24.3 Å². The molecule has 0 heterocycles. The lowest BCUT2D eigenvalue weighted by Crippen LogP contribution is -2.52. The van der Waals surface area contributed by atoms with Gasteiger partial charge in [0, 0.05) is 15.1 Å². The number of rotatable bonds is 5. The zero-order chi connectivity index (χ0) is 12.5. The van der Waals surface area contributed by atoms with Crippen LogP contribution in [0.4, 0.5) is 0 Å². The monoisotopic (exact) mass is 315 g/mol. The average Bonchev–Trinajstić information content (AvgIpc) is 3.09. The quantitative estimate of drug-likeness (QED) is 0.820. The zero-order valence-corrected chi connectivity index (χ0v) is 11.6. The van der Waals surface area contributed by atoms with Gasteiger partial charge in [-0.15, -0.1) is 11.8 Å². The van der Waals surface area contributed by atoms with Gasteiger partial charge in [-0.1, -0.05) is 22.0 Å². The van der Waals surface area contributed by atoms with E-state index < -0.39 is 11.5 Å². The summed E-state index contributed by atoms with van der Waals surface area (Å²) < 4.78 is 0.992. The number of aliphatic carboxylic acids is 1. The van der Waals surface area contributed by atoms with Gasteiger partial charge in [-0.2, -0.15) is 0 Å². The Kier molecular flexibility index (Phi) is 3.80. The first-order valence-electron chi connectivity index (χ1n) is 5.43. The number of thioether (sulfide) groups is 1. The number of benzene rings is 1. The summed E-state index contributed by atoms with van der Waals surface area (Å²) in [7, 11) is 0. The van der Waals surface area contributed by atoms with Gasteiger partial charge < -0.3 is 10.8 Å². The molecule has 0 radical (unpaired) electrons. The topological polar surface area (TPSA) is 63.3 Å². The number of halogens is 1. The van der Waals surface area contributed by atoms with E-state index in [2.05, 4.69) is 15.9 Å². The van der Waals surface area contributed by atoms with Crippen molar-refractivity contribution in [2.75, 3.05) is 5.75 Å². The summed E-state index contributed by atoms with van der Waals surface area (Å²) in [5.41, 5.74) is 4.92. The van der Waals surface area contributed by atoms with Crippen molar-refractivity contribution < 1.29 is 9.90 Å². The molecule has 0 spiro atoms. The third-order valence-electron chi connectivity index (χ3n) is 2.98. The molecule has 1 aliphatic rings. The van der Waals surface area contributed by atoms with Crippen molar-refractivity contribution >= 4 is 33.7 Å². The Balaban J connectivity index is 2.03. The van der Waals surface area contributed by atoms with E-state index >= 15 is 0 Å². The van der Waals surface area contributed by atoms with Crippen LogP contribution in [0.25, 0.3) is 0 Å². The molecular formula is C12H14BrNO2S. The number of nitrogens with two attached hydrogens (primary N) is 1. The molecule has 0 saturated heterocycles. The highest BCUT2D eigenvalue weighted by atomic mass is 79.9. The lowest BCUT2D eigenvalue weighted by atomic mass is 9.98. The predicted molar refractivity (Wildman–Crippen MR) is 72.1 cm³/mol. The number of carboxylic acids is 1. The molecule has 1 saturated carbocycles. The molecule has 0 amide bonds. The van der Waals surface area contributed by atoms with Gasteiger partial charge in [0.1, 0.15) is 5.54 Å². The van der Waals surface area contributed by atoms with Crippen LogP contribution in [-0.2, 0) is 4.79 Å². The molecule has 1 atom stereocenters. The maximum atomic E-state index is 11.2. The molecule has 92 valence electrons. The molecule has 3 nitrogen and oxygen atoms in total. The maximum absolute atomic E-state index is 11.2. The molecule has 1 aliphatic carbocycles. The third-order valence-corrected chi connectivity index (χ3v) is 4.68. The maximum Gasteiger partial charge on any atom is 0.324 e. The Bertz CT molecular complexity index is 436. The average molecular weight is 316 g/mol. The highest BCUT2D eigenvalue weighted by molar-refractivity contribution is 9.10. The summed E-state index contributed by atoms with van der Waals surface area (Å²) in [6.07, 6.45) is 1.86. The lowest BCUT2D eigenvalue weighted by Gasteiger charge is -2.23. The molecular weight excluding hydrogens is 302 g/mol. The van der Waals surface area contributed by atoms with Gasteiger partial charge in [-0.3, -0.25) is 4.79 Å². The minimum Gasteiger partial charge on any atom is -0.480 e. The number of carboxylic acid groups (broad SMARTS) is 1. The van der Waals surface area contributed by atoms with Crippen LogP contribution in [0, 0.1) is 5.92 Å². The van der Waals surface area contributed by atoms with Crippen molar-refractivity contribution in [1.82, 2.24) is 0 Å². The van der Waals surface area contributed by atoms with Gasteiger partial charge in [0.25, 0.3) is 0 Å². The molecule has 17 heavy (non-hydrogen) atoms. The van der Waals surface area contributed by atoms with Crippen LogP contribution in [0.3, 0.4) is 0 Å². The Labute approximate surface area is 113 Å². The minimum atomic E-state index is -1.08. The SMILES string of the molecule is NC(CSc1cccc(Br)c1)(C(=O)O)C1CC1. The summed E-state index contributed by atoms with van der Waals surface area (Å²) in [4.78, 5) is 12.3. The standard InChI is InChI=1S/C12H14BrNO2S/c13-9-2-1-3-10(6-9)17-7-12(14,11(15)16)8-4-5-8/h1-3,6,8H,4-5,7,14H2,(H,15,16). The van der Waals surface area contributed by atoms with E-state index in [-0.39, 0.29) is 5.92 Å². The second-order valence-electron chi connectivity index (χ2n) is 4.37.